The Labute approximate surface area is 214 Å². The van der Waals surface area contributed by atoms with Crippen LogP contribution in [0, 0.1) is 6.92 Å². The molecule has 0 bridgehead atoms. The maximum atomic E-state index is 12.1. The third-order valence-electron chi connectivity index (χ3n) is 6.52. The molecule has 1 saturated heterocycles. The van der Waals surface area contributed by atoms with Gasteiger partial charge >= 0.3 is 0 Å². The average Bonchev–Trinajstić information content (AvgIpc) is 2.86. The molecule has 0 atom stereocenters. The van der Waals surface area contributed by atoms with Crippen LogP contribution in [-0.4, -0.2) is 61.8 Å². The third-order valence-corrected chi connectivity index (χ3v) is 8.00. The molecule has 1 aliphatic rings. The van der Waals surface area contributed by atoms with Gasteiger partial charge in [0.1, 0.15) is 5.82 Å². The Hall–Kier alpha value is -3.05. The summed E-state index contributed by atoms with van der Waals surface area (Å²) in [6, 6.07) is 16.1. The van der Waals surface area contributed by atoms with Crippen molar-refractivity contribution in [3.05, 3.63) is 71.4 Å². The van der Waals surface area contributed by atoms with Crippen LogP contribution in [0.3, 0.4) is 0 Å². The summed E-state index contributed by atoms with van der Waals surface area (Å²) in [4.78, 5) is 11.5. The van der Waals surface area contributed by atoms with Crippen molar-refractivity contribution in [3.63, 3.8) is 0 Å². The standard InChI is InChI=1S/C26H35N7O2S/c1-19-17-27-26(29-23-11-9-20(10-12-23)21-13-15-33(4)16-14-21)31-25(19)30-24-8-6-5-7-22(24)18-28-36(34,35)32(2)3/h5-12,17,21,28H,13-16,18H2,1-4H3,(H2,27,29,30,31). The van der Waals surface area contributed by atoms with Crippen LogP contribution in [-0.2, 0) is 16.8 Å². The van der Waals surface area contributed by atoms with Gasteiger partial charge in [-0.15, -0.1) is 0 Å². The zero-order chi connectivity index (χ0) is 25.7. The van der Waals surface area contributed by atoms with Crippen molar-refractivity contribution < 1.29 is 8.42 Å². The number of benzene rings is 2. The highest BCUT2D eigenvalue weighted by Crippen LogP contribution is 2.29. The summed E-state index contributed by atoms with van der Waals surface area (Å²) in [5.41, 5.74) is 4.76. The van der Waals surface area contributed by atoms with Crippen LogP contribution in [0.2, 0.25) is 0 Å². The fraction of sp³-hybridized carbons (Fsp3) is 0.385. The zero-order valence-corrected chi connectivity index (χ0v) is 22.1. The van der Waals surface area contributed by atoms with Crippen molar-refractivity contribution in [2.75, 3.05) is 44.9 Å². The summed E-state index contributed by atoms with van der Waals surface area (Å²) in [7, 11) is 1.64. The lowest BCUT2D eigenvalue weighted by Crippen LogP contribution is -2.35. The third kappa shape index (κ3) is 6.58. The number of hydrogen-bond acceptors (Lipinski definition) is 7. The monoisotopic (exact) mass is 509 g/mol. The largest absolute Gasteiger partial charge is 0.340 e. The van der Waals surface area contributed by atoms with Gasteiger partial charge in [0, 0.05) is 43.8 Å². The van der Waals surface area contributed by atoms with Gasteiger partial charge in [0.05, 0.1) is 0 Å². The molecule has 2 aromatic carbocycles. The van der Waals surface area contributed by atoms with E-state index in [1.165, 1.54) is 32.5 Å². The highest BCUT2D eigenvalue weighted by molar-refractivity contribution is 7.87. The highest BCUT2D eigenvalue weighted by atomic mass is 32.2. The van der Waals surface area contributed by atoms with Gasteiger partial charge in [0.2, 0.25) is 5.95 Å². The fourth-order valence-corrected chi connectivity index (χ4v) is 4.76. The molecule has 3 N–H and O–H groups in total. The molecule has 1 aliphatic heterocycles. The van der Waals surface area contributed by atoms with Crippen molar-refractivity contribution in [1.82, 2.24) is 23.9 Å². The van der Waals surface area contributed by atoms with Crippen LogP contribution >= 0.6 is 0 Å². The van der Waals surface area contributed by atoms with Gasteiger partial charge in [-0.3, -0.25) is 0 Å². The number of rotatable bonds is 9. The quantitative estimate of drug-likeness (QED) is 0.401. The summed E-state index contributed by atoms with van der Waals surface area (Å²) >= 11 is 0. The van der Waals surface area contributed by atoms with Gasteiger partial charge in [0.25, 0.3) is 10.2 Å². The number of anilines is 4. The lowest BCUT2D eigenvalue weighted by Gasteiger charge is -2.29. The molecule has 0 amide bonds. The highest BCUT2D eigenvalue weighted by Gasteiger charge is 2.18. The fourth-order valence-electron chi connectivity index (χ4n) is 4.16. The van der Waals surface area contributed by atoms with E-state index in [0.29, 0.717) is 17.7 Å². The molecule has 10 heteroatoms. The molecule has 0 saturated carbocycles. The lowest BCUT2D eigenvalue weighted by molar-refractivity contribution is 0.255. The van der Waals surface area contributed by atoms with E-state index in [4.69, 9.17) is 0 Å². The van der Waals surface area contributed by atoms with Gasteiger partial charge < -0.3 is 15.5 Å². The predicted molar refractivity (Wildman–Crippen MR) is 145 cm³/mol. The number of aromatic nitrogens is 2. The minimum absolute atomic E-state index is 0.155. The van der Waals surface area contributed by atoms with E-state index in [1.807, 2.05) is 31.2 Å². The van der Waals surface area contributed by atoms with E-state index in [-0.39, 0.29) is 6.54 Å². The first-order valence-electron chi connectivity index (χ1n) is 12.1. The van der Waals surface area contributed by atoms with Crippen LogP contribution < -0.4 is 15.4 Å². The van der Waals surface area contributed by atoms with E-state index in [2.05, 4.69) is 61.5 Å². The van der Waals surface area contributed by atoms with Crippen LogP contribution in [0.1, 0.15) is 35.4 Å². The smallest absolute Gasteiger partial charge is 0.279 e. The molecule has 2 heterocycles. The van der Waals surface area contributed by atoms with E-state index in [0.717, 1.165) is 39.9 Å². The van der Waals surface area contributed by atoms with E-state index in [9.17, 15) is 8.42 Å². The number of likely N-dealkylation sites (tertiary alicyclic amines) is 1. The first kappa shape index (κ1) is 26.0. The van der Waals surface area contributed by atoms with Crippen molar-refractivity contribution in [1.29, 1.82) is 0 Å². The molecule has 9 nitrogen and oxygen atoms in total. The number of piperidine rings is 1. The number of aryl methyl sites for hydroxylation is 1. The Morgan fingerprint density at radius 3 is 2.42 bits per heavy atom. The molecule has 3 aromatic rings. The summed E-state index contributed by atoms with van der Waals surface area (Å²) in [6.45, 7) is 4.37. The van der Waals surface area contributed by atoms with Crippen LogP contribution in [0.5, 0.6) is 0 Å². The van der Waals surface area contributed by atoms with E-state index in [1.54, 1.807) is 6.20 Å². The maximum absolute atomic E-state index is 12.1. The number of para-hydroxylation sites is 1. The molecule has 1 aromatic heterocycles. The molecule has 1 fully saturated rings. The van der Waals surface area contributed by atoms with E-state index >= 15 is 0 Å². The van der Waals surface area contributed by atoms with Gasteiger partial charge in [0.15, 0.2) is 0 Å². The second-order valence-corrected chi connectivity index (χ2v) is 11.4. The molecular formula is C26H35N7O2S. The second kappa shape index (κ2) is 11.3. The summed E-state index contributed by atoms with van der Waals surface area (Å²) in [6.07, 6.45) is 4.15. The Balaban J connectivity index is 1.45. The van der Waals surface area contributed by atoms with Crippen LogP contribution in [0.25, 0.3) is 0 Å². The number of nitrogens with one attached hydrogen (secondary N) is 3. The van der Waals surface area contributed by atoms with E-state index < -0.39 is 10.2 Å². The van der Waals surface area contributed by atoms with Crippen LogP contribution in [0.4, 0.5) is 23.1 Å². The Morgan fingerprint density at radius 2 is 1.72 bits per heavy atom. The Bertz CT molecular complexity index is 1270. The summed E-state index contributed by atoms with van der Waals surface area (Å²) in [5.74, 6) is 1.75. The van der Waals surface area contributed by atoms with Gasteiger partial charge in [-0.25, -0.2) is 4.98 Å². The zero-order valence-electron chi connectivity index (χ0n) is 21.3. The normalized spacial score (nSPS) is 15.2. The second-order valence-electron chi connectivity index (χ2n) is 9.44. The molecule has 0 spiro atoms. The maximum Gasteiger partial charge on any atom is 0.279 e. The van der Waals surface area contributed by atoms with Gasteiger partial charge in [-0.05, 0) is 75.1 Å². The molecule has 0 unspecified atom stereocenters. The molecular weight excluding hydrogens is 474 g/mol. The first-order valence-corrected chi connectivity index (χ1v) is 13.6. The van der Waals surface area contributed by atoms with Gasteiger partial charge in [-0.1, -0.05) is 30.3 Å². The number of hydrogen-bond donors (Lipinski definition) is 3. The molecule has 0 aliphatic carbocycles. The SMILES string of the molecule is Cc1cnc(Nc2ccc(C3CCN(C)CC3)cc2)nc1Nc1ccccc1CNS(=O)(=O)N(C)C. The number of nitrogens with zero attached hydrogens (tertiary/aromatic N) is 4. The Morgan fingerprint density at radius 1 is 1.03 bits per heavy atom. The minimum Gasteiger partial charge on any atom is -0.340 e. The molecule has 0 radical (unpaired) electrons. The van der Waals surface area contributed by atoms with Crippen LogP contribution in [0.15, 0.2) is 54.7 Å². The van der Waals surface area contributed by atoms with Crippen molar-refractivity contribution in [2.24, 2.45) is 0 Å². The molecule has 192 valence electrons. The minimum atomic E-state index is -3.53. The predicted octanol–water partition coefficient (Wildman–Crippen LogP) is 3.98. The molecule has 36 heavy (non-hydrogen) atoms. The van der Waals surface area contributed by atoms with Gasteiger partial charge in [-0.2, -0.15) is 22.4 Å². The van der Waals surface area contributed by atoms with Crippen molar-refractivity contribution >= 4 is 33.4 Å². The Kier molecular flexibility index (Phi) is 8.20. The lowest BCUT2D eigenvalue weighted by atomic mass is 9.89. The summed E-state index contributed by atoms with van der Waals surface area (Å²) < 4.78 is 28.0. The first-order chi connectivity index (χ1) is 17.2. The molecule has 4 rings (SSSR count). The topological polar surface area (TPSA) is 102 Å². The van der Waals surface area contributed by atoms with Crippen molar-refractivity contribution in [2.45, 2.75) is 32.2 Å². The summed E-state index contributed by atoms with van der Waals surface area (Å²) in [5, 5.41) is 6.64. The average molecular weight is 510 g/mol. The van der Waals surface area contributed by atoms with Crippen molar-refractivity contribution in [3.8, 4) is 0 Å².